The van der Waals surface area contributed by atoms with E-state index in [1.54, 1.807) is 0 Å². The van der Waals surface area contributed by atoms with Gasteiger partial charge in [0.05, 0.1) is 11.1 Å². The highest BCUT2D eigenvalue weighted by atomic mass is 79.9. The lowest BCUT2D eigenvalue weighted by atomic mass is 10.1. The molecule has 0 saturated heterocycles. The molecule has 1 unspecified atom stereocenters. The van der Waals surface area contributed by atoms with Crippen LogP contribution in [0.1, 0.15) is 22.9 Å². The van der Waals surface area contributed by atoms with Crippen LogP contribution >= 0.6 is 27.5 Å². The number of rotatable bonds is 2. The average molecular weight is 351 g/mol. The molecule has 0 aliphatic rings. The number of furan rings is 1. The molecule has 0 spiro atoms. The Morgan fingerprint density at radius 2 is 2.00 bits per heavy atom. The zero-order valence-corrected chi connectivity index (χ0v) is 13.2. The fourth-order valence-corrected chi connectivity index (χ4v) is 2.69. The van der Waals surface area contributed by atoms with Crippen molar-refractivity contribution in [1.82, 2.24) is 0 Å². The Balaban J connectivity index is 2.05. The molecule has 0 aliphatic carbocycles. The molecule has 3 rings (SSSR count). The molecule has 0 aliphatic heterocycles. The van der Waals surface area contributed by atoms with Crippen LogP contribution in [0.4, 0.5) is 0 Å². The van der Waals surface area contributed by atoms with Gasteiger partial charge in [-0.15, -0.1) is 0 Å². The second-order valence-electron chi connectivity index (χ2n) is 4.79. The van der Waals surface area contributed by atoms with Crippen LogP contribution in [0.25, 0.3) is 11.0 Å². The summed E-state index contributed by atoms with van der Waals surface area (Å²) in [4.78, 5) is 0. The Labute approximate surface area is 130 Å². The van der Waals surface area contributed by atoms with Gasteiger partial charge in [0.15, 0.2) is 0 Å². The van der Waals surface area contributed by atoms with Crippen LogP contribution in [0.5, 0.6) is 0 Å². The summed E-state index contributed by atoms with van der Waals surface area (Å²) in [6.45, 7) is 2.03. The molecular formula is C16H13BrClNO. The van der Waals surface area contributed by atoms with Gasteiger partial charge in [0.25, 0.3) is 0 Å². The number of nitrogens with two attached hydrogens (primary N) is 1. The molecular weight excluding hydrogens is 338 g/mol. The predicted octanol–water partition coefficient (Wildman–Crippen LogP) is 5.21. The van der Waals surface area contributed by atoms with Crippen molar-refractivity contribution in [2.75, 3.05) is 0 Å². The Morgan fingerprint density at radius 1 is 1.20 bits per heavy atom. The molecule has 0 bridgehead atoms. The smallest absolute Gasteiger partial charge is 0.137 e. The standard InChI is InChI=1S/C16H13BrClNO/c1-9-3-2-4-11-8-14(20-16(9)11)15(19)10-5-6-12(17)13(18)7-10/h2-8,15H,19H2,1H3. The van der Waals surface area contributed by atoms with Gasteiger partial charge in [-0.1, -0.05) is 35.9 Å². The lowest BCUT2D eigenvalue weighted by Gasteiger charge is -2.10. The van der Waals surface area contributed by atoms with E-state index in [1.165, 1.54) is 0 Å². The summed E-state index contributed by atoms with van der Waals surface area (Å²) >= 11 is 9.49. The van der Waals surface area contributed by atoms with Gasteiger partial charge in [0.1, 0.15) is 11.3 Å². The third-order valence-electron chi connectivity index (χ3n) is 3.37. The van der Waals surface area contributed by atoms with Crippen molar-refractivity contribution in [3.8, 4) is 0 Å². The second kappa shape index (κ2) is 5.24. The fraction of sp³-hybridized carbons (Fsp3) is 0.125. The van der Waals surface area contributed by atoms with Crippen molar-refractivity contribution in [3.63, 3.8) is 0 Å². The highest BCUT2D eigenvalue weighted by molar-refractivity contribution is 9.10. The number of hydrogen-bond donors (Lipinski definition) is 1. The van der Waals surface area contributed by atoms with E-state index in [2.05, 4.69) is 15.9 Å². The van der Waals surface area contributed by atoms with E-state index in [4.69, 9.17) is 21.8 Å². The Bertz CT molecular complexity index is 781. The van der Waals surface area contributed by atoms with Crippen LogP contribution in [0.2, 0.25) is 5.02 Å². The van der Waals surface area contributed by atoms with E-state index < -0.39 is 0 Å². The molecule has 4 heteroatoms. The molecule has 0 radical (unpaired) electrons. The van der Waals surface area contributed by atoms with Crippen LogP contribution in [-0.2, 0) is 0 Å². The Kier molecular flexibility index (Phi) is 3.59. The first-order valence-electron chi connectivity index (χ1n) is 6.26. The third kappa shape index (κ3) is 2.37. The van der Waals surface area contributed by atoms with E-state index >= 15 is 0 Å². The van der Waals surface area contributed by atoms with E-state index in [-0.39, 0.29) is 6.04 Å². The van der Waals surface area contributed by atoms with Crippen molar-refractivity contribution in [2.45, 2.75) is 13.0 Å². The highest BCUT2D eigenvalue weighted by Gasteiger charge is 2.16. The molecule has 0 amide bonds. The van der Waals surface area contributed by atoms with Gasteiger partial charge >= 0.3 is 0 Å². The number of halogens is 2. The summed E-state index contributed by atoms with van der Waals surface area (Å²) in [5.41, 5.74) is 9.20. The minimum atomic E-state index is -0.326. The first-order valence-corrected chi connectivity index (χ1v) is 7.43. The topological polar surface area (TPSA) is 39.2 Å². The molecule has 1 heterocycles. The Hall–Kier alpha value is -1.29. The van der Waals surface area contributed by atoms with Crippen LogP contribution in [0, 0.1) is 6.92 Å². The zero-order chi connectivity index (χ0) is 14.3. The molecule has 1 atom stereocenters. The number of benzene rings is 2. The molecule has 20 heavy (non-hydrogen) atoms. The monoisotopic (exact) mass is 349 g/mol. The van der Waals surface area contributed by atoms with Gasteiger partial charge in [0, 0.05) is 9.86 Å². The minimum absolute atomic E-state index is 0.326. The van der Waals surface area contributed by atoms with Crippen molar-refractivity contribution < 1.29 is 4.42 Å². The fourth-order valence-electron chi connectivity index (χ4n) is 2.25. The summed E-state index contributed by atoms with van der Waals surface area (Å²) in [5, 5.41) is 1.71. The van der Waals surface area contributed by atoms with Crippen molar-refractivity contribution in [1.29, 1.82) is 0 Å². The number of aryl methyl sites for hydroxylation is 1. The first-order chi connectivity index (χ1) is 9.56. The highest BCUT2D eigenvalue weighted by Crippen LogP contribution is 2.31. The number of hydrogen-bond acceptors (Lipinski definition) is 2. The van der Waals surface area contributed by atoms with Crippen LogP contribution in [-0.4, -0.2) is 0 Å². The molecule has 1 aromatic heterocycles. The third-order valence-corrected chi connectivity index (χ3v) is 4.60. The van der Waals surface area contributed by atoms with Crippen LogP contribution in [0.15, 0.2) is 51.4 Å². The molecule has 3 aromatic rings. The van der Waals surface area contributed by atoms with Crippen LogP contribution in [0.3, 0.4) is 0 Å². The maximum absolute atomic E-state index is 6.28. The maximum Gasteiger partial charge on any atom is 0.137 e. The second-order valence-corrected chi connectivity index (χ2v) is 6.05. The van der Waals surface area contributed by atoms with Gasteiger partial charge in [0.2, 0.25) is 0 Å². The van der Waals surface area contributed by atoms with Crippen molar-refractivity contribution in [2.24, 2.45) is 5.73 Å². The van der Waals surface area contributed by atoms with Gasteiger partial charge in [-0.05, 0) is 52.2 Å². The molecule has 2 nitrogen and oxygen atoms in total. The van der Waals surface area contributed by atoms with E-state index in [1.807, 2.05) is 49.4 Å². The van der Waals surface area contributed by atoms with E-state index in [9.17, 15) is 0 Å². The quantitative estimate of drug-likeness (QED) is 0.689. The maximum atomic E-state index is 6.28. The van der Waals surface area contributed by atoms with E-state index in [0.29, 0.717) is 5.02 Å². The minimum Gasteiger partial charge on any atom is -0.459 e. The van der Waals surface area contributed by atoms with Crippen molar-refractivity contribution in [3.05, 3.63) is 68.8 Å². The summed E-state index contributed by atoms with van der Waals surface area (Å²) < 4.78 is 6.76. The van der Waals surface area contributed by atoms with Gasteiger partial charge < -0.3 is 10.2 Å². The van der Waals surface area contributed by atoms with E-state index in [0.717, 1.165) is 32.3 Å². The van der Waals surface area contributed by atoms with Gasteiger partial charge in [-0.2, -0.15) is 0 Å². The normalized spacial score (nSPS) is 12.8. The molecule has 0 saturated carbocycles. The first kappa shape index (κ1) is 13.7. The lowest BCUT2D eigenvalue weighted by molar-refractivity contribution is 0.523. The lowest BCUT2D eigenvalue weighted by Crippen LogP contribution is -2.10. The van der Waals surface area contributed by atoms with Gasteiger partial charge in [-0.25, -0.2) is 0 Å². The molecule has 102 valence electrons. The zero-order valence-electron chi connectivity index (χ0n) is 10.9. The summed E-state index contributed by atoms with van der Waals surface area (Å²) in [5.74, 6) is 0.743. The van der Waals surface area contributed by atoms with Gasteiger partial charge in [-0.3, -0.25) is 0 Å². The molecule has 2 aromatic carbocycles. The number of para-hydroxylation sites is 1. The van der Waals surface area contributed by atoms with Crippen LogP contribution < -0.4 is 5.73 Å². The molecule has 0 fully saturated rings. The summed E-state index contributed by atoms with van der Waals surface area (Å²) in [6, 6.07) is 13.4. The molecule has 2 N–H and O–H groups in total. The van der Waals surface area contributed by atoms with Crippen molar-refractivity contribution >= 4 is 38.5 Å². The average Bonchev–Trinajstić information content (AvgIpc) is 2.86. The Morgan fingerprint density at radius 3 is 2.70 bits per heavy atom. The number of fused-ring (bicyclic) bond motifs is 1. The summed E-state index contributed by atoms with van der Waals surface area (Å²) in [7, 11) is 0. The SMILES string of the molecule is Cc1cccc2cc(C(N)c3ccc(Br)c(Cl)c3)oc12. The largest absolute Gasteiger partial charge is 0.459 e. The predicted molar refractivity (Wildman–Crippen MR) is 86.1 cm³/mol. The summed E-state index contributed by atoms with van der Waals surface area (Å²) in [6.07, 6.45) is 0.